The summed E-state index contributed by atoms with van der Waals surface area (Å²) in [5.74, 6) is 0.439. The molecular formula is C12H15NO2. The molecule has 0 radical (unpaired) electrons. The highest BCUT2D eigenvalue weighted by Crippen LogP contribution is 2.25. The van der Waals surface area contributed by atoms with Crippen LogP contribution < -0.4 is 10.5 Å². The lowest BCUT2D eigenvalue weighted by molar-refractivity contribution is 0.104. The van der Waals surface area contributed by atoms with Gasteiger partial charge in [0.15, 0.2) is 5.78 Å². The number of hydrogen-bond acceptors (Lipinski definition) is 3. The van der Waals surface area contributed by atoms with Gasteiger partial charge in [-0.3, -0.25) is 4.79 Å². The third kappa shape index (κ3) is 2.59. The number of carbonyl (C=O) groups excluding carboxylic acids is 1. The van der Waals surface area contributed by atoms with Crippen LogP contribution in [0.4, 0.5) is 5.69 Å². The molecule has 1 rings (SSSR count). The average molecular weight is 205 g/mol. The summed E-state index contributed by atoms with van der Waals surface area (Å²) in [6.45, 7) is 3.74. The van der Waals surface area contributed by atoms with Crippen molar-refractivity contribution in [3.8, 4) is 5.75 Å². The standard InChI is InChI=1S/C12H15NO2/c1-8(2)7-10(14)9-5-4-6-11(15-3)12(9)13/h4-7H,13H2,1-3H3. The summed E-state index contributed by atoms with van der Waals surface area (Å²) in [5.41, 5.74) is 7.62. The third-order valence-corrected chi connectivity index (χ3v) is 1.97. The van der Waals surface area contributed by atoms with Crippen LogP contribution in [-0.4, -0.2) is 12.9 Å². The molecule has 0 spiro atoms. The van der Waals surface area contributed by atoms with Crippen molar-refractivity contribution in [1.29, 1.82) is 0 Å². The van der Waals surface area contributed by atoms with Gasteiger partial charge in [-0.15, -0.1) is 0 Å². The van der Waals surface area contributed by atoms with Gasteiger partial charge in [-0.25, -0.2) is 0 Å². The molecule has 3 heteroatoms. The lowest BCUT2D eigenvalue weighted by Gasteiger charge is -2.07. The van der Waals surface area contributed by atoms with Crippen molar-refractivity contribution >= 4 is 11.5 Å². The van der Waals surface area contributed by atoms with Crippen molar-refractivity contribution in [2.45, 2.75) is 13.8 Å². The van der Waals surface area contributed by atoms with Gasteiger partial charge in [0.05, 0.1) is 12.8 Å². The number of nitrogen functional groups attached to an aromatic ring is 1. The van der Waals surface area contributed by atoms with Crippen molar-refractivity contribution < 1.29 is 9.53 Å². The average Bonchev–Trinajstić information content (AvgIpc) is 2.17. The van der Waals surface area contributed by atoms with Crippen molar-refractivity contribution in [1.82, 2.24) is 0 Å². The fraction of sp³-hybridized carbons (Fsp3) is 0.250. The first-order valence-electron chi connectivity index (χ1n) is 4.68. The Morgan fingerprint density at radius 2 is 2.07 bits per heavy atom. The molecular weight excluding hydrogens is 190 g/mol. The minimum absolute atomic E-state index is 0.0913. The van der Waals surface area contributed by atoms with Gasteiger partial charge < -0.3 is 10.5 Å². The number of hydrogen-bond donors (Lipinski definition) is 1. The number of ketones is 1. The van der Waals surface area contributed by atoms with Crippen molar-refractivity contribution in [2.24, 2.45) is 0 Å². The Morgan fingerprint density at radius 3 is 2.60 bits per heavy atom. The van der Waals surface area contributed by atoms with Crippen molar-refractivity contribution in [2.75, 3.05) is 12.8 Å². The molecule has 0 aliphatic heterocycles. The Labute approximate surface area is 89.5 Å². The molecule has 80 valence electrons. The highest BCUT2D eigenvalue weighted by Gasteiger charge is 2.10. The quantitative estimate of drug-likeness (QED) is 0.468. The van der Waals surface area contributed by atoms with Crippen LogP contribution in [0.3, 0.4) is 0 Å². The molecule has 0 aliphatic carbocycles. The van der Waals surface area contributed by atoms with Gasteiger partial charge in [0, 0.05) is 5.56 Å². The number of methoxy groups -OCH3 is 1. The molecule has 0 aliphatic rings. The SMILES string of the molecule is COc1cccc(C(=O)C=C(C)C)c1N. The predicted octanol–water partition coefficient (Wildman–Crippen LogP) is 2.43. The zero-order valence-electron chi connectivity index (χ0n) is 9.20. The number of rotatable bonds is 3. The number of benzene rings is 1. The topological polar surface area (TPSA) is 52.3 Å². The molecule has 1 aromatic rings. The summed E-state index contributed by atoms with van der Waals surface area (Å²) in [7, 11) is 1.53. The number of carbonyl (C=O) groups is 1. The normalized spacial score (nSPS) is 9.53. The summed E-state index contributed by atoms with van der Waals surface area (Å²) in [5, 5.41) is 0. The van der Waals surface area contributed by atoms with Crippen LogP contribution in [0.2, 0.25) is 0 Å². The molecule has 0 saturated carbocycles. The van der Waals surface area contributed by atoms with Crippen LogP contribution in [0, 0.1) is 0 Å². The Hall–Kier alpha value is -1.77. The lowest BCUT2D eigenvalue weighted by Crippen LogP contribution is -2.03. The summed E-state index contributed by atoms with van der Waals surface area (Å²) in [6, 6.07) is 5.18. The van der Waals surface area contributed by atoms with E-state index in [0.717, 1.165) is 5.57 Å². The molecule has 0 aromatic heterocycles. The van der Waals surface area contributed by atoms with Gasteiger partial charge in [-0.2, -0.15) is 0 Å². The van der Waals surface area contributed by atoms with Crippen LogP contribution in [0.25, 0.3) is 0 Å². The zero-order valence-corrected chi connectivity index (χ0v) is 9.20. The maximum atomic E-state index is 11.7. The highest BCUT2D eigenvalue weighted by atomic mass is 16.5. The van der Waals surface area contributed by atoms with Crippen molar-refractivity contribution in [3.63, 3.8) is 0 Å². The van der Waals surface area contributed by atoms with Gasteiger partial charge in [-0.05, 0) is 32.1 Å². The first-order valence-corrected chi connectivity index (χ1v) is 4.68. The molecule has 0 fully saturated rings. The minimum Gasteiger partial charge on any atom is -0.495 e. The number of anilines is 1. The molecule has 1 aromatic carbocycles. The van der Waals surface area contributed by atoms with Crippen LogP contribution in [0.15, 0.2) is 29.8 Å². The molecule has 0 amide bonds. The Kier molecular flexibility index (Phi) is 3.50. The second-order valence-electron chi connectivity index (χ2n) is 3.51. The molecule has 0 bridgehead atoms. The van der Waals surface area contributed by atoms with Crippen LogP contribution in [0.5, 0.6) is 5.75 Å². The van der Waals surface area contributed by atoms with E-state index >= 15 is 0 Å². The second-order valence-corrected chi connectivity index (χ2v) is 3.51. The largest absolute Gasteiger partial charge is 0.495 e. The van der Waals surface area contributed by atoms with Gasteiger partial charge in [-0.1, -0.05) is 11.6 Å². The van der Waals surface area contributed by atoms with Gasteiger partial charge >= 0.3 is 0 Å². The smallest absolute Gasteiger partial charge is 0.187 e. The predicted molar refractivity (Wildman–Crippen MR) is 61.2 cm³/mol. The minimum atomic E-state index is -0.0913. The van der Waals surface area contributed by atoms with E-state index in [1.54, 1.807) is 24.3 Å². The molecule has 0 atom stereocenters. The van der Waals surface area contributed by atoms with E-state index in [1.165, 1.54) is 7.11 Å². The Morgan fingerprint density at radius 1 is 1.40 bits per heavy atom. The molecule has 3 nitrogen and oxygen atoms in total. The second kappa shape index (κ2) is 4.64. The monoisotopic (exact) mass is 205 g/mol. The third-order valence-electron chi connectivity index (χ3n) is 1.97. The van der Waals surface area contributed by atoms with E-state index in [2.05, 4.69) is 0 Å². The molecule has 15 heavy (non-hydrogen) atoms. The van der Waals surface area contributed by atoms with Gasteiger partial charge in [0.2, 0.25) is 0 Å². The lowest BCUT2D eigenvalue weighted by atomic mass is 10.1. The molecule has 0 heterocycles. The maximum absolute atomic E-state index is 11.7. The maximum Gasteiger partial charge on any atom is 0.187 e. The highest BCUT2D eigenvalue weighted by molar-refractivity contribution is 6.09. The number of para-hydroxylation sites is 1. The first-order chi connectivity index (χ1) is 7.06. The Bertz CT molecular complexity index is 404. The first kappa shape index (κ1) is 11.3. The zero-order chi connectivity index (χ0) is 11.4. The van der Waals surface area contributed by atoms with Crippen LogP contribution in [-0.2, 0) is 0 Å². The summed E-state index contributed by atoms with van der Waals surface area (Å²) in [4.78, 5) is 11.7. The number of nitrogens with two attached hydrogens (primary N) is 1. The van der Waals surface area contributed by atoms with Gasteiger partial charge in [0.25, 0.3) is 0 Å². The van der Waals surface area contributed by atoms with E-state index in [9.17, 15) is 4.79 Å². The van der Waals surface area contributed by atoms with E-state index in [4.69, 9.17) is 10.5 Å². The van der Waals surface area contributed by atoms with E-state index in [0.29, 0.717) is 17.0 Å². The number of ether oxygens (including phenoxy) is 1. The summed E-state index contributed by atoms with van der Waals surface area (Å²) >= 11 is 0. The fourth-order valence-corrected chi connectivity index (χ4v) is 1.28. The van der Waals surface area contributed by atoms with Crippen molar-refractivity contribution in [3.05, 3.63) is 35.4 Å². The molecule has 0 saturated heterocycles. The van der Waals surface area contributed by atoms with Crippen LogP contribution in [0.1, 0.15) is 24.2 Å². The fourth-order valence-electron chi connectivity index (χ4n) is 1.28. The molecule has 0 unspecified atom stereocenters. The van der Waals surface area contributed by atoms with Gasteiger partial charge in [0.1, 0.15) is 5.75 Å². The van der Waals surface area contributed by atoms with E-state index in [1.807, 2.05) is 13.8 Å². The number of allylic oxidation sites excluding steroid dienone is 2. The summed E-state index contributed by atoms with van der Waals surface area (Å²) < 4.78 is 5.04. The summed E-state index contributed by atoms with van der Waals surface area (Å²) in [6.07, 6.45) is 1.56. The van der Waals surface area contributed by atoms with Crippen LogP contribution >= 0.6 is 0 Å². The van der Waals surface area contributed by atoms with E-state index < -0.39 is 0 Å². The Balaban J connectivity index is 3.15. The molecule has 2 N–H and O–H groups in total. The van der Waals surface area contributed by atoms with E-state index in [-0.39, 0.29) is 5.78 Å².